The highest BCUT2D eigenvalue weighted by atomic mass is 32.1. The Morgan fingerprint density at radius 1 is 1.27 bits per heavy atom. The SMILES string of the molecule is Nc1nc2c(s1)[C@@H](c1cccc3cccnc13)CC(=O)NC2. The van der Waals surface area contributed by atoms with Crippen molar-refractivity contribution in [1.82, 2.24) is 15.3 Å². The molecule has 0 unspecified atom stereocenters. The molecule has 0 saturated carbocycles. The van der Waals surface area contributed by atoms with Gasteiger partial charge in [0.1, 0.15) is 0 Å². The Morgan fingerprint density at radius 2 is 2.14 bits per heavy atom. The number of thiazole rings is 1. The highest BCUT2D eigenvalue weighted by molar-refractivity contribution is 7.15. The van der Waals surface area contributed by atoms with Gasteiger partial charge in [0.2, 0.25) is 5.91 Å². The van der Waals surface area contributed by atoms with Gasteiger partial charge in [-0.1, -0.05) is 24.3 Å². The topological polar surface area (TPSA) is 80.9 Å². The molecule has 0 radical (unpaired) electrons. The number of nitrogen functional groups attached to an aromatic ring is 1. The summed E-state index contributed by atoms with van der Waals surface area (Å²) in [6, 6.07) is 10.0. The number of hydrogen-bond donors (Lipinski definition) is 2. The summed E-state index contributed by atoms with van der Waals surface area (Å²) in [5.74, 6) is -0.0207. The Morgan fingerprint density at radius 3 is 3.05 bits per heavy atom. The molecule has 1 amide bonds. The van der Waals surface area contributed by atoms with Gasteiger partial charge in [-0.15, -0.1) is 11.3 Å². The molecule has 22 heavy (non-hydrogen) atoms. The van der Waals surface area contributed by atoms with Gasteiger partial charge in [0.05, 0.1) is 17.8 Å². The second-order valence-electron chi connectivity index (χ2n) is 5.32. The third kappa shape index (κ3) is 2.12. The fourth-order valence-electron chi connectivity index (χ4n) is 2.97. The number of rotatable bonds is 1. The monoisotopic (exact) mass is 310 g/mol. The van der Waals surface area contributed by atoms with E-state index in [4.69, 9.17) is 5.73 Å². The molecule has 1 aliphatic rings. The van der Waals surface area contributed by atoms with Crippen LogP contribution in [0.3, 0.4) is 0 Å². The Hall–Kier alpha value is -2.47. The van der Waals surface area contributed by atoms with Crippen molar-refractivity contribution in [3.8, 4) is 0 Å². The van der Waals surface area contributed by atoms with Crippen LogP contribution >= 0.6 is 11.3 Å². The molecule has 6 heteroatoms. The van der Waals surface area contributed by atoms with E-state index in [1.54, 1.807) is 6.20 Å². The molecular formula is C16H14N4OS. The lowest BCUT2D eigenvalue weighted by molar-refractivity contribution is -0.121. The van der Waals surface area contributed by atoms with E-state index in [9.17, 15) is 4.79 Å². The van der Waals surface area contributed by atoms with Gasteiger partial charge in [-0.05, 0) is 11.6 Å². The summed E-state index contributed by atoms with van der Waals surface area (Å²) >= 11 is 1.46. The molecule has 0 aliphatic carbocycles. The molecule has 3 heterocycles. The van der Waals surface area contributed by atoms with Crippen molar-refractivity contribution in [3.05, 3.63) is 52.7 Å². The molecule has 110 valence electrons. The van der Waals surface area contributed by atoms with Crippen molar-refractivity contribution in [1.29, 1.82) is 0 Å². The van der Waals surface area contributed by atoms with Gasteiger partial charge in [-0.3, -0.25) is 9.78 Å². The normalized spacial score (nSPS) is 17.8. The molecule has 1 atom stereocenters. The first-order valence-electron chi connectivity index (χ1n) is 7.08. The van der Waals surface area contributed by atoms with Gasteiger partial charge in [0, 0.05) is 28.8 Å². The van der Waals surface area contributed by atoms with Crippen LogP contribution in [0, 0.1) is 0 Å². The summed E-state index contributed by atoms with van der Waals surface area (Å²) in [6.07, 6.45) is 2.18. The first-order chi connectivity index (χ1) is 10.7. The minimum absolute atomic E-state index is 0.0294. The Bertz CT molecular complexity index is 868. The van der Waals surface area contributed by atoms with Gasteiger partial charge in [0.25, 0.3) is 0 Å². The van der Waals surface area contributed by atoms with E-state index in [0.29, 0.717) is 18.1 Å². The van der Waals surface area contributed by atoms with Crippen LogP contribution in [0.2, 0.25) is 0 Å². The van der Waals surface area contributed by atoms with Gasteiger partial charge < -0.3 is 11.1 Å². The molecule has 0 saturated heterocycles. The zero-order chi connectivity index (χ0) is 15.1. The van der Waals surface area contributed by atoms with Crippen LogP contribution in [0.4, 0.5) is 5.13 Å². The molecule has 1 aliphatic heterocycles. The van der Waals surface area contributed by atoms with Gasteiger partial charge in [-0.2, -0.15) is 0 Å². The number of benzene rings is 1. The second kappa shape index (κ2) is 5.06. The van der Waals surface area contributed by atoms with Crippen LogP contribution < -0.4 is 11.1 Å². The summed E-state index contributed by atoms with van der Waals surface area (Å²) in [5, 5.41) is 4.51. The fraction of sp³-hybridized carbons (Fsp3) is 0.188. The number of fused-ring (bicyclic) bond motifs is 2. The van der Waals surface area contributed by atoms with Crippen molar-refractivity contribution in [2.45, 2.75) is 18.9 Å². The minimum Gasteiger partial charge on any atom is -0.375 e. The fourth-order valence-corrected chi connectivity index (χ4v) is 3.94. The third-order valence-electron chi connectivity index (χ3n) is 3.94. The summed E-state index contributed by atoms with van der Waals surface area (Å²) in [7, 11) is 0. The second-order valence-corrected chi connectivity index (χ2v) is 6.38. The van der Waals surface area contributed by atoms with Crippen LogP contribution in [0.1, 0.15) is 28.5 Å². The van der Waals surface area contributed by atoms with E-state index in [1.165, 1.54) is 11.3 Å². The van der Waals surface area contributed by atoms with Gasteiger partial charge in [-0.25, -0.2) is 4.98 Å². The van der Waals surface area contributed by atoms with Gasteiger partial charge >= 0.3 is 0 Å². The van der Waals surface area contributed by atoms with E-state index in [1.807, 2.05) is 30.3 Å². The summed E-state index contributed by atoms with van der Waals surface area (Å²) in [6.45, 7) is 0.441. The molecular weight excluding hydrogens is 296 g/mol. The van der Waals surface area contributed by atoms with Crippen molar-refractivity contribution in [2.75, 3.05) is 5.73 Å². The number of anilines is 1. The lowest BCUT2D eigenvalue weighted by Gasteiger charge is -2.15. The standard InChI is InChI=1S/C16H14N4OS/c17-16-20-12-8-19-13(21)7-11(15(12)22-16)10-5-1-3-9-4-2-6-18-14(9)10/h1-6,11H,7-8H2,(H2,17,20)(H,19,21)/t11-/m1/s1. The third-order valence-corrected chi connectivity index (χ3v) is 4.98. The van der Waals surface area contributed by atoms with E-state index in [0.717, 1.165) is 27.0 Å². The first kappa shape index (κ1) is 13.2. The zero-order valence-electron chi connectivity index (χ0n) is 11.7. The van der Waals surface area contributed by atoms with Gasteiger partial charge in [0.15, 0.2) is 5.13 Å². The summed E-state index contributed by atoms with van der Waals surface area (Å²) in [4.78, 5) is 22.0. The minimum atomic E-state index is -0.0501. The molecule has 0 spiro atoms. The molecule has 1 aromatic carbocycles. The number of carbonyl (C=O) groups excluding carboxylic acids is 1. The average molecular weight is 310 g/mol. The number of para-hydroxylation sites is 1. The molecule has 3 aromatic rings. The van der Waals surface area contributed by atoms with Crippen molar-refractivity contribution in [3.63, 3.8) is 0 Å². The molecule has 2 aromatic heterocycles. The molecule has 3 N–H and O–H groups in total. The number of nitrogens with one attached hydrogen (secondary N) is 1. The number of amides is 1. The van der Waals surface area contributed by atoms with E-state index >= 15 is 0 Å². The van der Waals surface area contributed by atoms with Crippen LogP contribution in [-0.2, 0) is 11.3 Å². The van der Waals surface area contributed by atoms with Crippen LogP contribution in [0.15, 0.2) is 36.5 Å². The molecule has 0 bridgehead atoms. The van der Waals surface area contributed by atoms with E-state index in [-0.39, 0.29) is 11.8 Å². The van der Waals surface area contributed by atoms with Crippen LogP contribution in [-0.4, -0.2) is 15.9 Å². The predicted molar refractivity (Wildman–Crippen MR) is 86.6 cm³/mol. The smallest absolute Gasteiger partial charge is 0.221 e. The number of aromatic nitrogens is 2. The summed E-state index contributed by atoms with van der Waals surface area (Å²) in [5.41, 5.74) is 8.73. The quantitative estimate of drug-likeness (QED) is 0.723. The Balaban J connectivity index is 1.94. The highest BCUT2D eigenvalue weighted by Crippen LogP contribution is 2.39. The average Bonchev–Trinajstić information content (AvgIpc) is 2.84. The maximum absolute atomic E-state index is 12.1. The number of pyridine rings is 1. The first-order valence-corrected chi connectivity index (χ1v) is 7.89. The largest absolute Gasteiger partial charge is 0.375 e. The van der Waals surface area contributed by atoms with Crippen LogP contribution in [0.5, 0.6) is 0 Å². The van der Waals surface area contributed by atoms with Crippen molar-refractivity contribution >= 4 is 33.3 Å². The van der Waals surface area contributed by atoms with Crippen molar-refractivity contribution in [2.24, 2.45) is 0 Å². The lowest BCUT2D eigenvalue weighted by Crippen LogP contribution is -2.21. The summed E-state index contributed by atoms with van der Waals surface area (Å²) < 4.78 is 0. The maximum Gasteiger partial charge on any atom is 0.221 e. The highest BCUT2D eigenvalue weighted by Gasteiger charge is 2.28. The Labute approximate surface area is 131 Å². The van der Waals surface area contributed by atoms with E-state index < -0.39 is 0 Å². The maximum atomic E-state index is 12.1. The molecule has 0 fully saturated rings. The lowest BCUT2D eigenvalue weighted by atomic mass is 9.91. The number of carbonyl (C=O) groups is 1. The van der Waals surface area contributed by atoms with E-state index in [2.05, 4.69) is 15.3 Å². The number of hydrogen-bond acceptors (Lipinski definition) is 5. The zero-order valence-corrected chi connectivity index (χ0v) is 12.6. The number of nitrogens with two attached hydrogens (primary N) is 1. The molecule has 5 nitrogen and oxygen atoms in total. The number of nitrogens with zero attached hydrogens (tertiary/aromatic N) is 2. The van der Waals surface area contributed by atoms with Crippen LogP contribution in [0.25, 0.3) is 10.9 Å². The molecule has 4 rings (SSSR count). The Kier molecular flexibility index (Phi) is 3.04. The predicted octanol–water partition coefficient (Wildman–Crippen LogP) is 2.43. The van der Waals surface area contributed by atoms with Crippen molar-refractivity contribution < 1.29 is 4.79 Å².